The molecule has 1 heterocycles. The van der Waals surface area contributed by atoms with Crippen LogP contribution < -0.4 is 10.1 Å². The summed E-state index contributed by atoms with van der Waals surface area (Å²) < 4.78 is 12.0. The topological polar surface area (TPSA) is 80.2 Å². The number of aliphatic hydroxyl groups is 1. The molecule has 0 bridgehead atoms. The number of aliphatic imine (C=N–C) groups is 1. The summed E-state index contributed by atoms with van der Waals surface area (Å²) in [4.78, 5) is 18.6. The normalized spacial score (nSPS) is 18.9. The van der Waals surface area contributed by atoms with E-state index in [0.717, 1.165) is 16.7 Å². The lowest BCUT2D eigenvalue weighted by molar-refractivity contribution is -0.129. The number of nitrogens with zero attached hydrogens (tertiary/aromatic N) is 1. The molecular formula is C29H30N2O4. The fourth-order valence-corrected chi connectivity index (χ4v) is 4.09. The van der Waals surface area contributed by atoms with Crippen molar-refractivity contribution in [2.45, 2.75) is 31.0 Å². The first kappa shape index (κ1) is 24.2. The van der Waals surface area contributed by atoms with E-state index in [-0.39, 0.29) is 12.5 Å². The summed E-state index contributed by atoms with van der Waals surface area (Å²) in [6, 6.07) is 26.8. The van der Waals surface area contributed by atoms with Gasteiger partial charge in [-0.1, -0.05) is 66.7 Å². The Balaban J connectivity index is 1.64. The minimum atomic E-state index is -1.19. The van der Waals surface area contributed by atoms with Gasteiger partial charge in [-0.15, -0.1) is 6.58 Å². The highest BCUT2D eigenvalue weighted by Crippen LogP contribution is 2.42. The minimum absolute atomic E-state index is 0.0846. The Labute approximate surface area is 205 Å². The summed E-state index contributed by atoms with van der Waals surface area (Å²) in [7, 11) is 0. The molecule has 0 fully saturated rings. The second-order valence-electron chi connectivity index (χ2n) is 8.36. The molecule has 6 nitrogen and oxygen atoms in total. The van der Waals surface area contributed by atoms with Crippen molar-refractivity contribution in [2.75, 3.05) is 13.2 Å². The average molecular weight is 471 g/mol. The van der Waals surface area contributed by atoms with Crippen LogP contribution in [-0.2, 0) is 16.1 Å². The molecule has 180 valence electrons. The largest absolute Gasteiger partial charge is 0.494 e. The van der Waals surface area contributed by atoms with Crippen LogP contribution in [0, 0.1) is 0 Å². The van der Waals surface area contributed by atoms with Gasteiger partial charge in [-0.3, -0.25) is 4.79 Å². The zero-order valence-corrected chi connectivity index (χ0v) is 19.6. The number of carbonyl (C=O) groups excluding carboxylic acids is 1. The van der Waals surface area contributed by atoms with Crippen LogP contribution in [0.25, 0.3) is 0 Å². The molecule has 2 N–H and O–H groups in total. The summed E-state index contributed by atoms with van der Waals surface area (Å²) in [5.74, 6) is 0.880. The molecule has 0 spiro atoms. The molecule has 0 aliphatic carbocycles. The quantitative estimate of drug-likeness (QED) is 0.317. The predicted octanol–water partition coefficient (Wildman–Crippen LogP) is 4.60. The molecule has 6 heteroatoms. The zero-order chi connectivity index (χ0) is 24.5. The number of ether oxygens (including phenoxy) is 2. The van der Waals surface area contributed by atoms with Crippen LogP contribution in [-0.4, -0.2) is 35.7 Å². The van der Waals surface area contributed by atoms with Crippen LogP contribution in [0.5, 0.6) is 5.75 Å². The van der Waals surface area contributed by atoms with Crippen molar-refractivity contribution < 1.29 is 19.4 Å². The SMILES string of the molecule is C=CC[C@]1(C(=O)NCc2ccccc2)N=C(c2ccc(OCCCO)cc2)O[C@H]1c1ccccc1. The molecule has 0 unspecified atom stereocenters. The molecule has 1 aliphatic rings. The summed E-state index contributed by atoms with van der Waals surface area (Å²) in [6.07, 6.45) is 2.00. The maximum atomic E-state index is 13.7. The summed E-state index contributed by atoms with van der Waals surface area (Å²) in [5.41, 5.74) is 1.43. The Kier molecular flexibility index (Phi) is 7.95. The van der Waals surface area contributed by atoms with Gasteiger partial charge in [0.25, 0.3) is 5.91 Å². The van der Waals surface area contributed by atoms with Crippen LogP contribution >= 0.6 is 0 Å². The van der Waals surface area contributed by atoms with E-state index < -0.39 is 11.6 Å². The summed E-state index contributed by atoms with van der Waals surface area (Å²) in [6.45, 7) is 4.82. The number of hydrogen-bond acceptors (Lipinski definition) is 5. The van der Waals surface area contributed by atoms with E-state index in [1.54, 1.807) is 6.08 Å². The highest BCUT2D eigenvalue weighted by atomic mass is 16.5. The number of hydrogen-bond donors (Lipinski definition) is 2. The fourth-order valence-electron chi connectivity index (χ4n) is 4.09. The standard InChI is InChI=1S/C29H30N2O4/c1-2-18-29(28(33)30-21-22-10-5-3-6-11-22)26(23-12-7-4-8-13-23)35-27(31-29)24-14-16-25(17-15-24)34-20-9-19-32/h2-8,10-17,26,32H,1,9,18-21H2,(H,30,33)/t26-,29-/m0/s1. The van der Waals surface area contributed by atoms with Gasteiger partial charge in [0.1, 0.15) is 5.75 Å². The molecule has 4 rings (SSSR count). The minimum Gasteiger partial charge on any atom is -0.494 e. The van der Waals surface area contributed by atoms with Gasteiger partial charge in [0.05, 0.1) is 6.61 Å². The number of carbonyl (C=O) groups is 1. The molecule has 3 aromatic carbocycles. The second kappa shape index (κ2) is 11.5. The van der Waals surface area contributed by atoms with Gasteiger partial charge in [-0.25, -0.2) is 4.99 Å². The van der Waals surface area contributed by atoms with E-state index in [1.165, 1.54) is 0 Å². The van der Waals surface area contributed by atoms with Crippen LogP contribution in [0.3, 0.4) is 0 Å². The molecule has 3 aromatic rings. The summed E-state index contributed by atoms with van der Waals surface area (Å²) >= 11 is 0. The lowest BCUT2D eigenvalue weighted by Crippen LogP contribution is -2.47. The van der Waals surface area contributed by atoms with Gasteiger partial charge in [-0.05, 0) is 35.4 Å². The molecule has 2 atom stereocenters. The Morgan fingerprint density at radius 1 is 1.06 bits per heavy atom. The van der Waals surface area contributed by atoms with Crippen molar-refractivity contribution in [3.63, 3.8) is 0 Å². The first-order chi connectivity index (χ1) is 17.2. The van der Waals surface area contributed by atoms with Crippen molar-refractivity contribution >= 4 is 11.8 Å². The molecule has 0 saturated heterocycles. The Hall–Kier alpha value is -3.90. The van der Waals surface area contributed by atoms with Crippen LogP contribution in [0.2, 0.25) is 0 Å². The van der Waals surface area contributed by atoms with Crippen molar-refractivity contribution in [3.05, 3.63) is 114 Å². The van der Waals surface area contributed by atoms with Crippen molar-refractivity contribution in [1.29, 1.82) is 0 Å². The lowest BCUT2D eigenvalue weighted by atomic mass is 9.84. The first-order valence-corrected chi connectivity index (χ1v) is 11.7. The number of benzene rings is 3. The van der Waals surface area contributed by atoms with Crippen molar-refractivity contribution in [2.24, 2.45) is 4.99 Å². The van der Waals surface area contributed by atoms with Crippen LogP contribution in [0.1, 0.15) is 35.6 Å². The maximum Gasteiger partial charge on any atom is 0.252 e. The van der Waals surface area contributed by atoms with Crippen molar-refractivity contribution in [3.8, 4) is 5.75 Å². The van der Waals surface area contributed by atoms with Gasteiger partial charge in [-0.2, -0.15) is 0 Å². The third-order valence-corrected chi connectivity index (χ3v) is 5.88. The molecule has 0 radical (unpaired) electrons. The maximum absolute atomic E-state index is 13.7. The van der Waals surface area contributed by atoms with E-state index in [0.29, 0.717) is 37.6 Å². The Bertz CT molecular complexity index is 1150. The van der Waals surface area contributed by atoms with Gasteiger partial charge in [0.15, 0.2) is 11.6 Å². The van der Waals surface area contributed by atoms with Gasteiger partial charge >= 0.3 is 0 Å². The number of rotatable bonds is 11. The third-order valence-electron chi connectivity index (χ3n) is 5.88. The van der Waals surface area contributed by atoms with Gasteiger partial charge in [0, 0.05) is 31.6 Å². The third kappa shape index (κ3) is 5.61. The van der Waals surface area contributed by atoms with E-state index >= 15 is 0 Å². The molecule has 0 saturated carbocycles. The molecule has 35 heavy (non-hydrogen) atoms. The van der Waals surface area contributed by atoms with E-state index in [4.69, 9.17) is 19.6 Å². The van der Waals surface area contributed by atoms with Gasteiger partial charge < -0.3 is 19.9 Å². The smallest absolute Gasteiger partial charge is 0.252 e. The first-order valence-electron chi connectivity index (χ1n) is 11.7. The Morgan fingerprint density at radius 3 is 2.40 bits per heavy atom. The highest BCUT2D eigenvalue weighted by molar-refractivity contribution is 6.01. The molecule has 1 aliphatic heterocycles. The highest BCUT2D eigenvalue weighted by Gasteiger charge is 2.52. The average Bonchev–Trinajstić information content (AvgIpc) is 3.30. The predicted molar refractivity (Wildman–Crippen MR) is 136 cm³/mol. The van der Waals surface area contributed by atoms with Crippen molar-refractivity contribution in [1.82, 2.24) is 5.32 Å². The monoisotopic (exact) mass is 470 g/mol. The van der Waals surface area contributed by atoms with E-state index in [9.17, 15) is 4.79 Å². The number of aliphatic hydroxyl groups excluding tert-OH is 1. The number of nitrogens with one attached hydrogen (secondary N) is 1. The number of amides is 1. The molecule has 1 amide bonds. The Morgan fingerprint density at radius 2 is 1.74 bits per heavy atom. The van der Waals surface area contributed by atoms with Gasteiger partial charge in [0.2, 0.25) is 5.90 Å². The fraction of sp³-hybridized carbons (Fsp3) is 0.241. The zero-order valence-electron chi connectivity index (χ0n) is 19.6. The summed E-state index contributed by atoms with van der Waals surface area (Å²) in [5, 5.41) is 12.0. The lowest BCUT2D eigenvalue weighted by Gasteiger charge is -2.29. The molecular weight excluding hydrogens is 440 g/mol. The van der Waals surface area contributed by atoms with E-state index in [2.05, 4.69) is 11.9 Å². The second-order valence-corrected chi connectivity index (χ2v) is 8.36. The van der Waals surface area contributed by atoms with E-state index in [1.807, 2.05) is 84.9 Å². The van der Waals surface area contributed by atoms with Crippen LogP contribution in [0.4, 0.5) is 0 Å². The van der Waals surface area contributed by atoms with Crippen LogP contribution in [0.15, 0.2) is 103 Å². The molecule has 0 aromatic heterocycles.